The van der Waals surface area contributed by atoms with Crippen molar-refractivity contribution in [3.63, 3.8) is 0 Å². The van der Waals surface area contributed by atoms with E-state index in [1.807, 2.05) is 12.1 Å². The molecule has 1 rings (SSSR count). The van der Waals surface area contributed by atoms with Gasteiger partial charge in [0, 0.05) is 44.0 Å². The van der Waals surface area contributed by atoms with Crippen LogP contribution in [0.5, 0.6) is 0 Å². The lowest BCUT2D eigenvalue weighted by atomic mass is 10.1. The van der Waals surface area contributed by atoms with Gasteiger partial charge in [0.2, 0.25) is 0 Å². The number of anilines is 1. The van der Waals surface area contributed by atoms with E-state index in [0.717, 1.165) is 24.7 Å². The summed E-state index contributed by atoms with van der Waals surface area (Å²) in [5.41, 5.74) is 2.49. The zero-order valence-corrected chi connectivity index (χ0v) is 13.8. The molecule has 4 heteroatoms. The van der Waals surface area contributed by atoms with Crippen molar-refractivity contribution >= 4 is 17.3 Å². The Morgan fingerprint density at radius 1 is 1.40 bits per heavy atom. The summed E-state index contributed by atoms with van der Waals surface area (Å²) >= 11 is 6.13. The van der Waals surface area contributed by atoms with Crippen LogP contribution in [0.4, 0.5) is 5.69 Å². The normalized spacial score (nSPS) is 12.4. The fourth-order valence-electron chi connectivity index (χ4n) is 2.29. The van der Waals surface area contributed by atoms with Gasteiger partial charge in [0.25, 0.3) is 0 Å². The largest absolute Gasteiger partial charge is 0.383 e. The van der Waals surface area contributed by atoms with Crippen LogP contribution in [-0.2, 0) is 11.3 Å². The number of halogens is 1. The van der Waals surface area contributed by atoms with Gasteiger partial charge in [-0.15, -0.1) is 0 Å². The van der Waals surface area contributed by atoms with E-state index in [1.165, 1.54) is 24.1 Å². The number of nitrogens with one attached hydrogen (secondary N) is 1. The van der Waals surface area contributed by atoms with Gasteiger partial charge in [-0.1, -0.05) is 24.9 Å². The third-order valence-corrected chi connectivity index (χ3v) is 3.82. The Hall–Kier alpha value is -0.770. The predicted molar refractivity (Wildman–Crippen MR) is 87.8 cm³/mol. The quantitative estimate of drug-likeness (QED) is 0.704. The van der Waals surface area contributed by atoms with Crippen molar-refractivity contribution in [2.75, 3.05) is 32.2 Å². The summed E-state index contributed by atoms with van der Waals surface area (Å²) in [6.07, 6.45) is 2.39. The number of hydrogen-bond donors (Lipinski definition) is 1. The lowest BCUT2D eigenvalue weighted by molar-refractivity contribution is 0.199. The lowest BCUT2D eigenvalue weighted by Gasteiger charge is -2.29. The van der Waals surface area contributed by atoms with Crippen LogP contribution >= 0.6 is 11.6 Å². The highest BCUT2D eigenvalue weighted by atomic mass is 35.5. The van der Waals surface area contributed by atoms with Gasteiger partial charge in [-0.25, -0.2) is 0 Å². The first-order valence-electron chi connectivity index (χ1n) is 7.31. The molecule has 20 heavy (non-hydrogen) atoms. The Kier molecular flexibility index (Phi) is 7.97. The first-order chi connectivity index (χ1) is 9.60. The van der Waals surface area contributed by atoms with Crippen LogP contribution in [0.15, 0.2) is 18.2 Å². The summed E-state index contributed by atoms with van der Waals surface area (Å²) in [7, 11) is 3.87. The van der Waals surface area contributed by atoms with Crippen LogP contribution in [-0.4, -0.2) is 33.4 Å². The van der Waals surface area contributed by atoms with Crippen molar-refractivity contribution in [2.24, 2.45) is 0 Å². The molecule has 3 nitrogen and oxygen atoms in total. The molecule has 1 atom stereocenters. The molecule has 0 amide bonds. The van der Waals surface area contributed by atoms with Crippen LogP contribution < -0.4 is 10.2 Å². The number of hydrogen-bond acceptors (Lipinski definition) is 3. The van der Waals surface area contributed by atoms with E-state index < -0.39 is 0 Å². The summed E-state index contributed by atoms with van der Waals surface area (Å²) in [6, 6.07) is 6.65. The highest BCUT2D eigenvalue weighted by molar-refractivity contribution is 6.30. The minimum absolute atomic E-state index is 0.527. The Balaban J connectivity index is 2.78. The zero-order chi connectivity index (χ0) is 15.0. The first-order valence-corrected chi connectivity index (χ1v) is 7.68. The first kappa shape index (κ1) is 17.3. The fraction of sp³-hybridized carbons (Fsp3) is 0.625. The van der Waals surface area contributed by atoms with E-state index in [9.17, 15) is 0 Å². The zero-order valence-electron chi connectivity index (χ0n) is 13.1. The lowest BCUT2D eigenvalue weighted by Crippen LogP contribution is -2.30. The minimum atomic E-state index is 0.527. The highest BCUT2D eigenvalue weighted by Gasteiger charge is 2.13. The van der Waals surface area contributed by atoms with Crippen LogP contribution in [0.3, 0.4) is 0 Å². The van der Waals surface area contributed by atoms with Gasteiger partial charge in [-0.3, -0.25) is 0 Å². The molecule has 0 fully saturated rings. The van der Waals surface area contributed by atoms with Crippen molar-refractivity contribution in [1.82, 2.24) is 5.32 Å². The van der Waals surface area contributed by atoms with Crippen LogP contribution in [0.25, 0.3) is 0 Å². The van der Waals surface area contributed by atoms with E-state index in [0.29, 0.717) is 6.04 Å². The fourth-order valence-corrected chi connectivity index (χ4v) is 2.48. The summed E-state index contributed by atoms with van der Waals surface area (Å²) in [5, 5.41) is 4.17. The van der Waals surface area contributed by atoms with Crippen molar-refractivity contribution in [3.05, 3.63) is 28.8 Å². The van der Waals surface area contributed by atoms with Crippen molar-refractivity contribution < 1.29 is 4.74 Å². The molecule has 1 aromatic carbocycles. The van der Waals surface area contributed by atoms with E-state index in [1.54, 1.807) is 7.11 Å². The van der Waals surface area contributed by atoms with Crippen molar-refractivity contribution in [1.29, 1.82) is 0 Å². The molecule has 1 N–H and O–H groups in total. The molecule has 1 unspecified atom stereocenters. The summed E-state index contributed by atoms with van der Waals surface area (Å²) in [4.78, 5) is 2.34. The molecule has 0 aliphatic carbocycles. The smallest absolute Gasteiger partial charge is 0.0587 e. The second kappa shape index (κ2) is 9.22. The van der Waals surface area contributed by atoms with Gasteiger partial charge in [0.05, 0.1) is 6.61 Å². The monoisotopic (exact) mass is 298 g/mol. The topological polar surface area (TPSA) is 24.5 Å². The van der Waals surface area contributed by atoms with Gasteiger partial charge in [0.15, 0.2) is 0 Å². The number of ether oxygens (including phenoxy) is 1. The molecule has 0 spiro atoms. The molecule has 0 saturated heterocycles. The van der Waals surface area contributed by atoms with Gasteiger partial charge < -0.3 is 15.0 Å². The molecular weight excluding hydrogens is 272 g/mol. The number of nitrogens with zero attached hydrogens (tertiary/aromatic N) is 1. The molecule has 0 aromatic heterocycles. The SMILES string of the molecule is CCCC(C)N(C)c1ccc(Cl)cc1CNCCOC. The van der Waals surface area contributed by atoms with Crippen molar-refractivity contribution in [2.45, 2.75) is 39.3 Å². The molecule has 0 aliphatic heterocycles. The Morgan fingerprint density at radius 2 is 2.15 bits per heavy atom. The second-order valence-electron chi connectivity index (χ2n) is 5.19. The summed E-state index contributed by atoms with van der Waals surface area (Å²) in [5.74, 6) is 0. The summed E-state index contributed by atoms with van der Waals surface area (Å²) in [6.45, 7) is 6.86. The molecule has 0 heterocycles. The Morgan fingerprint density at radius 3 is 2.80 bits per heavy atom. The second-order valence-corrected chi connectivity index (χ2v) is 5.63. The van der Waals surface area contributed by atoms with Gasteiger partial charge in [0.1, 0.15) is 0 Å². The molecular formula is C16H27ClN2O. The number of rotatable bonds is 9. The molecule has 114 valence electrons. The van der Waals surface area contributed by atoms with Gasteiger partial charge in [-0.05, 0) is 37.1 Å². The average molecular weight is 299 g/mol. The van der Waals surface area contributed by atoms with Crippen LogP contribution in [0.1, 0.15) is 32.3 Å². The van der Waals surface area contributed by atoms with Crippen LogP contribution in [0, 0.1) is 0 Å². The molecule has 0 radical (unpaired) electrons. The third kappa shape index (κ3) is 5.31. The molecule has 0 saturated carbocycles. The molecule has 1 aromatic rings. The maximum absolute atomic E-state index is 6.13. The Bertz CT molecular complexity index is 398. The average Bonchev–Trinajstić information content (AvgIpc) is 2.43. The number of benzene rings is 1. The minimum Gasteiger partial charge on any atom is -0.383 e. The highest BCUT2D eigenvalue weighted by Crippen LogP contribution is 2.26. The predicted octanol–water partition coefficient (Wildman–Crippen LogP) is 3.70. The Labute approximate surface area is 128 Å². The molecule has 0 aliphatic rings. The maximum Gasteiger partial charge on any atom is 0.0587 e. The van der Waals surface area contributed by atoms with E-state index in [4.69, 9.17) is 16.3 Å². The van der Waals surface area contributed by atoms with E-state index in [-0.39, 0.29) is 0 Å². The standard InChI is InChI=1S/C16H27ClN2O/c1-5-6-13(2)19(3)16-8-7-15(17)11-14(16)12-18-9-10-20-4/h7-8,11,13,18H,5-6,9-10,12H2,1-4H3. The van der Waals surface area contributed by atoms with E-state index >= 15 is 0 Å². The van der Waals surface area contributed by atoms with Gasteiger partial charge in [-0.2, -0.15) is 0 Å². The third-order valence-electron chi connectivity index (χ3n) is 3.59. The van der Waals surface area contributed by atoms with E-state index in [2.05, 4.69) is 37.2 Å². The van der Waals surface area contributed by atoms with Crippen LogP contribution in [0.2, 0.25) is 5.02 Å². The van der Waals surface area contributed by atoms with Gasteiger partial charge >= 0.3 is 0 Å². The maximum atomic E-state index is 6.13. The van der Waals surface area contributed by atoms with Crippen molar-refractivity contribution in [3.8, 4) is 0 Å². The summed E-state index contributed by atoms with van der Waals surface area (Å²) < 4.78 is 5.05. The molecule has 0 bridgehead atoms. The number of methoxy groups -OCH3 is 1.